The lowest BCUT2D eigenvalue weighted by molar-refractivity contribution is -0.137. The van der Waals surface area contributed by atoms with Crippen molar-refractivity contribution >= 4 is 17.1 Å². The maximum Gasteiger partial charge on any atom is 0.416 e. The van der Waals surface area contributed by atoms with Gasteiger partial charge in [0.25, 0.3) is 0 Å². The standard InChI is InChI=1S/C18H13F3N4OS/c1-10-9-27-17(24-10)14(7-22)16(26)15-8-23-25(11(15)2)13-5-3-4-12(6-13)18(19,20)21/h3-6,8-9,14H,1-2H3. The van der Waals surface area contributed by atoms with Gasteiger partial charge in [0.15, 0.2) is 11.7 Å². The van der Waals surface area contributed by atoms with E-state index in [1.54, 1.807) is 19.2 Å². The van der Waals surface area contributed by atoms with Gasteiger partial charge in [-0.25, -0.2) is 9.67 Å². The van der Waals surface area contributed by atoms with Gasteiger partial charge in [-0.2, -0.15) is 23.5 Å². The van der Waals surface area contributed by atoms with E-state index in [-0.39, 0.29) is 11.3 Å². The Morgan fingerprint density at radius 1 is 1.33 bits per heavy atom. The summed E-state index contributed by atoms with van der Waals surface area (Å²) in [6.45, 7) is 3.33. The number of ketones is 1. The molecule has 27 heavy (non-hydrogen) atoms. The van der Waals surface area contributed by atoms with Crippen LogP contribution >= 0.6 is 11.3 Å². The third-order valence-electron chi connectivity index (χ3n) is 3.97. The average molecular weight is 390 g/mol. The predicted octanol–water partition coefficient (Wildman–Crippen LogP) is 4.45. The van der Waals surface area contributed by atoms with Gasteiger partial charge in [0, 0.05) is 11.1 Å². The number of Topliss-reactive ketones (excluding diaryl/α,β-unsaturated/α-hetero) is 1. The molecule has 1 atom stereocenters. The van der Waals surface area contributed by atoms with Crippen LogP contribution in [0.2, 0.25) is 0 Å². The largest absolute Gasteiger partial charge is 0.416 e. The molecule has 0 radical (unpaired) electrons. The molecular weight excluding hydrogens is 377 g/mol. The number of alkyl halides is 3. The number of aryl methyl sites for hydroxylation is 1. The number of hydrogen-bond acceptors (Lipinski definition) is 5. The van der Waals surface area contributed by atoms with E-state index in [1.807, 2.05) is 6.07 Å². The Morgan fingerprint density at radius 3 is 2.67 bits per heavy atom. The lowest BCUT2D eigenvalue weighted by atomic mass is 10.00. The third-order valence-corrected chi connectivity index (χ3v) is 5.00. The second kappa shape index (κ2) is 6.96. The molecule has 0 spiro atoms. The molecule has 0 amide bonds. The van der Waals surface area contributed by atoms with Crippen LogP contribution in [-0.2, 0) is 6.18 Å². The van der Waals surface area contributed by atoms with Crippen LogP contribution in [0, 0.1) is 25.2 Å². The summed E-state index contributed by atoms with van der Waals surface area (Å²) in [6, 6.07) is 6.61. The van der Waals surface area contributed by atoms with Gasteiger partial charge in [0.2, 0.25) is 0 Å². The number of thiazole rings is 1. The molecule has 0 aliphatic carbocycles. The number of nitriles is 1. The molecule has 5 nitrogen and oxygen atoms in total. The molecule has 1 aromatic carbocycles. The fraction of sp³-hybridized carbons (Fsp3) is 0.222. The van der Waals surface area contributed by atoms with E-state index in [1.165, 1.54) is 34.3 Å². The van der Waals surface area contributed by atoms with Crippen molar-refractivity contribution in [2.75, 3.05) is 0 Å². The highest BCUT2D eigenvalue weighted by molar-refractivity contribution is 7.10. The Balaban J connectivity index is 1.98. The number of carbonyl (C=O) groups excluding carboxylic acids is 1. The molecule has 3 rings (SSSR count). The molecule has 0 saturated heterocycles. The Hall–Kier alpha value is -2.99. The van der Waals surface area contributed by atoms with E-state index in [9.17, 15) is 23.2 Å². The van der Waals surface area contributed by atoms with Gasteiger partial charge < -0.3 is 0 Å². The van der Waals surface area contributed by atoms with Gasteiger partial charge in [0.05, 0.1) is 34.8 Å². The maximum atomic E-state index is 12.9. The van der Waals surface area contributed by atoms with Crippen LogP contribution in [0.4, 0.5) is 13.2 Å². The van der Waals surface area contributed by atoms with E-state index in [0.717, 1.165) is 12.1 Å². The number of benzene rings is 1. The first kappa shape index (κ1) is 18.8. The molecule has 0 fully saturated rings. The molecular formula is C18H13F3N4OS. The summed E-state index contributed by atoms with van der Waals surface area (Å²) in [5, 5.41) is 15.6. The molecule has 138 valence electrons. The highest BCUT2D eigenvalue weighted by atomic mass is 32.1. The molecule has 2 heterocycles. The molecule has 0 N–H and O–H groups in total. The summed E-state index contributed by atoms with van der Waals surface area (Å²) in [5.74, 6) is -1.57. The Labute approximate surface area is 156 Å². The summed E-state index contributed by atoms with van der Waals surface area (Å²) < 4.78 is 40.1. The maximum absolute atomic E-state index is 12.9. The predicted molar refractivity (Wildman–Crippen MR) is 92.8 cm³/mol. The normalized spacial score (nSPS) is 12.6. The van der Waals surface area contributed by atoms with Gasteiger partial charge >= 0.3 is 6.18 Å². The van der Waals surface area contributed by atoms with Crippen molar-refractivity contribution in [1.29, 1.82) is 5.26 Å². The van der Waals surface area contributed by atoms with Crippen LogP contribution in [0.15, 0.2) is 35.8 Å². The number of nitrogens with zero attached hydrogens (tertiary/aromatic N) is 4. The zero-order valence-corrected chi connectivity index (χ0v) is 15.1. The van der Waals surface area contributed by atoms with Gasteiger partial charge in [-0.15, -0.1) is 11.3 Å². The average Bonchev–Trinajstić information content (AvgIpc) is 3.21. The molecule has 9 heteroatoms. The lowest BCUT2D eigenvalue weighted by Crippen LogP contribution is -2.12. The van der Waals surface area contributed by atoms with E-state index >= 15 is 0 Å². The van der Waals surface area contributed by atoms with Crippen LogP contribution in [0.25, 0.3) is 5.69 Å². The molecule has 0 aliphatic heterocycles. The topological polar surface area (TPSA) is 71.6 Å². The monoisotopic (exact) mass is 390 g/mol. The van der Waals surface area contributed by atoms with Gasteiger partial charge in [-0.3, -0.25) is 4.79 Å². The smallest absolute Gasteiger partial charge is 0.292 e. The number of aromatic nitrogens is 3. The van der Waals surface area contributed by atoms with Crippen LogP contribution in [0.3, 0.4) is 0 Å². The van der Waals surface area contributed by atoms with Gasteiger partial charge in [-0.1, -0.05) is 6.07 Å². The Bertz CT molecular complexity index is 1050. The minimum atomic E-state index is -4.48. The fourth-order valence-corrected chi connectivity index (χ4v) is 3.45. The van der Waals surface area contributed by atoms with Crippen LogP contribution in [-0.4, -0.2) is 20.5 Å². The minimum absolute atomic E-state index is 0.173. The number of halogens is 3. The first-order chi connectivity index (χ1) is 12.7. The molecule has 2 aromatic heterocycles. The molecule has 1 unspecified atom stereocenters. The third kappa shape index (κ3) is 3.61. The summed E-state index contributed by atoms with van der Waals surface area (Å²) in [5.41, 5.74) is 0.606. The van der Waals surface area contributed by atoms with Crippen molar-refractivity contribution in [1.82, 2.24) is 14.8 Å². The zero-order chi connectivity index (χ0) is 19.8. The van der Waals surface area contributed by atoms with E-state index in [2.05, 4.69) is 10.1 Å². The summed E-state index contributed by atoms with van der Waals surface area (Å²) >= 11 is 1.21. The van der Waals surface area contributed by atoms with Crippen LogP contribution < -0.4 is 0 Å². The van der Waals surface area contributed by atoms with E-state index in [0.29, 0.717) is 16.4 Å². The number of carbonyl (C=O) groups is 1. The Morgan fingerprint density at radius 2 is 2.07 bits per heavy atom. The second-order valence-corrected chi connectivity index (χ2v) is 6.75. The van der Waals surface area contributed by atoms with Crippen molar-refractivity contribution < 1.29 is 18.0 Å². The zero-order valence-electron chi connectivity index (χ0n) is 14.3. The quantitative estimate of drug-likeness (QED) is 0.617. The van der Waals surface area contributed by atoms with E-state index < -0.39 is 23.4 Å². The molecule has 3 aromatic rings. The second-order valence-electron chi connectivity index (χ2n) is 5.86. The SMILES string of the molecule is Cc1csc(C(C#N)C(=O)c2cnn(-c3cccc(C(F)(F)F)c3)c2C)n1. The van der Waals surface area contributed by atoms with Crippen LogP contribution in [0.5, 0.6) is 0 Å². The van der Waals surface area contributed by atoms with Crippen molar-refractivity contribution in [3.05, 3.63) is 63.4 Å². The lowest BCUT2D eigenvalue weighted by Gasteiger charge is -2.10. The number of rotatable bonds is 4. The van der Waals surface area contributed by atoms with Gasteiger partial charge in [0.1, 0.15) is 5.01 Å². The first-order valence-corrected chi connectivity index (χ1v) is 8.68. The van der Waals surface area contributed by atoms with E-state index in [4.69, 9.17) is 0 Å². The molecule has 0 bridgehead atoms. The van der Waals surface area contributed by atoms with Crippen molar-refractivity contribution in [2.24, 2.45) is 0 Å². The highest BCUT2D eigenvalue weighted by Gasteiger charge is 2.31. The van der Waals surface area contributed by atoms with Gasteiger partial charge in [-0.05, 0) is 32.0 Å². The summed E-state index contributed by atoms with van der Waals surface area (Å²) in [6.07, 6.45) is -3.22. The Kier molecular flexibility index (Phi) is 4.85. The van der Waals surface area contributed by atoms with Crippen molar-refractivity contribution in [2.45, 2.75) is 25.9 Å². The summed E-state index contributed by atoms with van der Waals surface area (Å²) in [7, 11) is 0. The fourth-order valence-electron chi connectivity index (χ4n) is 2.61. The first-order valence-electron chi connectivity index (χ1n) is 7.80. The van der Waals surface area contributed by atoms with Crippen LogP contribution in [0.1, 0.15) is 38.2 Å². The van der Waals surface area contributed by atoms with Crippen molar-refractivity contribution in [3.8, 4) is 11.8 Å². The minimum Gasteiger partial charge on any atom is -0.292 e. The summed E-state index contributed by atoms with van der Waals surface area (Å²) in [4.78, 5) is 17.0. The molecule has 0 saturated carbocycles. The molecule has 0 aliphatic rings. The highest BCUT2D eigenvalue weighted by Crippen LogP contribution is 2.31. The van der Waals surface area contributed by atoms with Crippen molar-refractivity contribution in [3.63, 3.8) is 0 Å². The number of hydrogen-bond donors (Lipinski definition) is 0.